The van der Waals surface area contributed by atoms with Crippen LogP contribution in [-0.2, 0) is 38.6 Å². The molecule has 0 saturated heterocycles. The van der Waals surface area contributed by atoms with Crippen LogP contribution in [0.1, 0.15) is 609 Å². The van der Waals surface area contributed by atoms with Gasteiger partial charge in [-0.1, -0.05) is 536 Å². The smallest absolute Gasteiger partial charge is 0.185 e. The molecule has 0 aliphatic rings. The highest BCUT2D eigenvalue weighted by atomic mass is 35.5. The molecule has 0 fully saturated rings. The largest absolute Gasteiger partial charge is 1.00 e. The second-order valence-corrected chi connectivity index (χ2v) is 34.8. The first-order chi connectivity index (χ1) is 50.7. The van der Waals surface area contributed by atoms with Crippen molar-refractivity contribution in [2.24, 2.45) is 0 Å². The lowest BCUT2D eigenvalue weighted by Gasteiger charge is -2.23. The number of unbranched alkanes of at least 4 members (excludes halogenated alkanes) is 78. The van der Waals surface area contributed by atoms with E-state index in [-0.39, 0.29) is 12.4 Å². The molecule has 1 aromatic rings. The first-order valence-corrected chi connectivity index (χ1v) is 49.8. The van der Waals surface area contributed by atoms with E-state index in [0.717, 1.165) is 0 Å². The van der Waals surface area contributed by atoms with Gasteiger partial charge in [-0.25, -0.2) is 0 Å². The predicted molar refractivity (Wildman–Crippen MR) is 467 cm³/mol. The molecule has 2 heteroatoms. The molecular weight excluding hydrogens is 1260 g/mol. The Morgan fingerprint density at radius 3 is 0.398 bits per heavy atom. The fraction of sp³-hybridized carbons (Fsp3) is 0.950. The molecule has 0 aliphatic heterocycles. The summed E-state index contributed by atoms with van der Waals surface area (Å²) in [6.07, 6.45) is 129. The maximum atomic E-state index is 3.21. The van der Waals surface area contributed by atoms with Gasteiger partial charge in [0.05, 0.1) is 0 Å². The molecule has 0 aromatic carbocycles. The van der Waals surface area contributed by atoms with Gasteiger partial charge < -0.3 is 12.4 Å². The number of rotatable bonds is 90. The molecule has 1 nitrogen and oxygen atoms in total. The summed E-state index contributed by atoms with van der Waals surface area (Å²) in [5, 5.41) is 0. The molecule has 614 valence electrons. The molecule has 0 N–H and O–H groups in total. The van der Waals surface area contributed by atoms with Crippen LogP contribution in [0.2, 0.25) is 0 Å². The Morgan fingerprint density at radius 1 is 0.126 bits per heavy atom. The molecule has 0 bridgehead atoms. The minimum atomic E-state index is 0. The van der Waals surface area contributed by atoms with Gasteiger partial charge in [0.1, 0.15) is 6.54 Å². The van der Waals surface area contributed by atoms with Crippen LogP contribution in [0.3, 0.4) is 0 Å². The molecule has 0 amide bonds. The van der Waals surface area contributed by atoms with E-state index in [0.29, 0.717) is 0 Å². The fourth-order valence-electron chi connectivity index (χ4n) is 17.7. The first-order valence-electron chi connectivity index (χ1n) is 49.8. The summed E-state index contributed by atoms with van der Waals surface area (Å²) < 4.78 is 3.21. The topological polar surface area (TPSA) is 3.88 Å². The molecule has 0 aliphatic carbocycles. The van der Waals surface area contributed by atoms with Crippen LogP contribution in [-0.4, -0.2) is 0 Å². The zero-order valence-corrected chi connectivity index (χ0v) is 73.7. The van der Waals surface area contributed by atoms with E-state index in [1.807, 2.05) is 28.1 Å². The van der Waals surface area contributed by atoms with Crippen LogP contribution in [0, 0.1) is 0 Å². The molecule has 1 heterocycles. The van der Waals surface area contributed by atoms with Gasteiger partial charge in [0.25, 0.3) is 0 Å². The van der Waals surface area contributed by atoms with E-state index in [9.17, 15) is 0 Å². The molecule has 0 saturated carbocycles. The Hall–Kier alpha value is -0.560. The van der Waals surface area contributed by atoms with Crippen molar-refractivity contribution in [1.82, 2.24) is 0 Å². The van der Waals surface area contributed by atoms with Crippen molar-refractivity contribution in [3.8, 4) is 0 Å². The van der Waals surface area contributed by atoms with E-state index >= 15 is 0 Å². The van der Waals surface area contributed by atoms with Crippen LogP contribution in [0.25, 0.3) is 0 Å². The average Bonchev–Trinajstić information content (AvgIpc) is 0.770. The van der Waals surface area contributed by atoms with Gasteiger partial charge in [-0.15, -0.1) is 0 Å². The summed E-state index contributed by atoms with van der Waals surface area (Å²) in [6.45, 7) is 15.4. The van der Waals surface area contributed by atoms with Crippen molar-refractivity contribution in [3.63, 3.8) is 0 Å². The summed E-state index contributed by atoms with van der Waals surface area (Å²) >= 11 is 0. The third-order valence-corrected chi connectivity index (χ3v) is 24.7. The molecular formula is C101H198ClN. The Balaban J connectivity index is 0.000104. The minimum absolute atomic E-state index is 0. The maximum Gasteiger partial charge on any atom is 0.185 e. The van der Waals surface area contributed by atoms with Gasteiger partial charge in [0.15, 0.2) is 11.4 Å². The monoisotopic (exact) mass is 1460 g/mol. The molecule has 1 aromatic heterocycles. The average molecular weight is 1460 g/mol. The van der Waals surface area contributed by atoms with Crippen molar-refractivity contribution in [2.45, 2.75) is 620 Å². The predicted octanol–water partition coefficient (Wildman–Crippen LogP) is 33.6. The zero-order chi connectivity index (χ0) is 73.1. The highest BCUT2D eigenvalue weighted by molar-refractivity contribution is 5.39. The summed E-state index contributed by atoms with van der Waals surface area (Å²) in [5.74, 6) is 0. The Kier molecular flexibility index (Phi) is 88.2. The van der Waals surface area contributed by atoms with Crippen LogP contribution >= 0.6 is 0 Å². The van der Waals surface area contributed by atoms with E-state index in [2.05, 4.69) is 46.1 Å². The molecule has 103 heavy (non-hydrogen) atoms. The quantitative estimate of drug-likeness (QED) is 0.0452. The van der Waals surface area contributed by atoms with Crippen LogP contribution < -0.4 is 17.0 Å². The molecule has 0 atom stereocenters. The summed E-state index contributed by atoms with van der Waals surface area (Å²) in [4.78, 5) is 0. The van der Waals surface area contributed by atoms with Gasteiger partial charge >= 0.3 is 0 Å². The molecule has 1 rings (SSSR count). The number of pyridine rings is 1. The second kappa shape index (κ2) is 88.7. The summed E-state index contributed by atoms with van der Waals surface area (Å²) in [6, 6.07) is 0. The number of aromatic nitrogens is 1. The lowest BCUT2D eigenvalue weighted by Crippen LogP contribution is -3.00. The van der Waals surface area contributed by atoms with Gasteiger partial charge in [-0.2, -0.15) is 4.57 Å². The van der Waals surface area contributed by atoms with Crippen molar-refractivity contribution in [1.29, 1.82) is 0 Å². The number of nitrogens with zero attached hydrogens (tertiary/aromatic N) is 1. The van der Waals surface area contributed by atoms with Gasteiger partial charge in [0, 0.05) is 30.4 Å². The van der Waals surface area contributed by atoms with Crippen LogP contribution in [0.15, 0.2) is 0 Å². The van der Waals surface area contributed by atoms with Crippen molar-refractivity contribution in [3.05, 3.63) is 28.1 Å². The number of halogens is 1. The van der Waals surface area contributed by atoms with E-state index < -0.39 is 0 Å². The normalized spacial score (nSPS) is 11.7. The van der Waals surface area contributed by atoms with E-state index in [1.165, 1.54) is 578 Å². The molecule has 0 spiro atoms. The Bertz CT molecular complexity index is 1380. The van der Waals surface area contributed by atoms with Gasteiger partial charge in [-0.05, 0) is 63.4 Å². The zero-order valence-electron chi connectivity index (χ0n) is 73.0. The number of hydrogen-bond donors (Lipinski definition) is 0. The van der Waals surface area contributed by atoms with Gasteiger partial charge in [0.2, 0.25) is 0 Å². The fourth-order valence-corrected chi connectivity index (χ4v) is 17.7. The van der Waals surface area contributed by atoms with E-state index in [1.54, 1.807) is 0 Å². The summed E-state index contributed by atoms with van der Waals surface area (Å²) in [7, 11) is 0. The first kappa shape index (κ1) is 102. The van der Waals surface area contributed by atoms with Crippen molar-refractivity contribution in [2.75, 3.05) is 0 Å². The SMILES string of the molecule is CCCCCCCCCCCCCCCCc1c(CCCCCCCCCCCCCCCC)c(CCCCCCCCCCCCCCCC)[n+](CCCCCCCCCCCCCCCC)c(CCCCCCCCCCCCCCCC)c1CCCCCCCCCCCCCCCC.[Cl-]. The molecule has 0 unspecified atom stereocenters. The third kappa shape index (κ3) is 70.3. The standard InChI is InChI=1S/C101H198N.ClH/c1-7-13-19-25-31-37-43-49-55-61-67-73-79-85-91-97-98(92-86-80-74-68-62-56-50-44-38-32-26-20-14-8-2)100(94-88-82-76-70-64-58-52-46-40-34-28-22-16-10-4)102(96-90-84-78-72-66-60-54-48-42-36-30-24-18-12-6)101(95-89-83-77-71-65-59-53-47-41-35-29-23-17-11-5)99(97)93-87-81-75-69-63-57-51-45-39-33-27-21-15-9-3;/h7-96H2,1-6H3;1H/q+1;/p-1. The van der Waals surface area contributed by atoms with Crippen LogP contribution in [0.4, 0.5) is 0 Å². The third-order valence-electron chi connectivity index (χ3n) is 24.7. The second-order valence-electron chi connectivity index (χ2n) is 34.8. The number of hydrogen-bond acceptors (Lipinski definition) is 0. The lowest BCUT2D eigenvalue weighted by molar-refractivity contribution is -0.712. The minimum Gasteiger partial charge on any atom is -1.00 e. The van der Waals surface area contributed by atoms with Crippen molar-refractivity contribution < 1.29 is 17.0 Å². The Morgan fingerprint density at radius 2 is 0.243 bits per heavy atom. The van der Waals surface area contributed by atoms with E-state index in [4.69, 9.17) is 0 Å². The highest BCUT2D eigenvalue weighted by Gasteiger charge is 2.29. The van der Waals surface area contributed by atoms with Crippen LogP contribution in [0.5, 0.6) is 0 Å². The maximum absolute atomic E-state index is 3.21. The summed E-state index contributed by atoms with van der Waals surface area (Å²) in [5.41, 5.74) is 9.62. The highest BCUT2D eigenvalue weighted by Crippen LogP contribution is 2.31. The Labute approximate surface area is 660 Å². The van der Waals surface area contributed by atoms with Crippen molar-refractivity contribution >= 4 is 0 Å². The molecule has 0 radical (unpaired) electrons. The lowest BCUT2D eigenvalue weighted by atomic mass is 9.85. The van der Waals surface area contributed by atoms with Gasteiger partial charge in [-0.3, -0.25) is 0 Å².